The van der Waals surface area contributed by atoms with E-state index in [-0.39, 0.29) is 126 Å². The minimum absolute atomic E-state index is 0.0388. The van der Waals surface area contributed by atoms with Gasteiger partial charge in [-0.25, -0.2) is 28.6 Å². The molecule has 0 aliphatic carbocycles. The lowest BCUT2D eigenvalue weighted by Gasteiger charge is -2.22. The second-order valence-corrected chi connectivity index (χ2v) is 28.0. The lowest BCUT2D eigenvalue weighted by atomic mass is 10.0. The summed E-state index contributed by atoms with van der Waals surface area (Å²) in [7, 11) is 1.41. The molecule has 612 valence electrons. The molecule has 6 N–H and O–H groups in total. The molecule has 6 aromatic heterocycles. The van der Waals surface area contributed by atoms with E-state index in [2.05, 4.69) is 108 Å². The number of alkyl halides is 9. The van der Waals surface area contributed by atoms with Crippen LogP contribution in [-0.2, 0) is 38.2 Å². The van der Waals surface area contributed by atoms with Gasteiger partial charge in [0.2, 0.25) is 0 Å². The van der Waals surface area contributed by atoms with Gasteiger partial charge in [-0.15, -0.1) is 30.6 Å². The van der Waals surface area contributed by atoms with E-state index in [1.54, 1.807) is 128 Å². The van der Waals surface area contributed by atoms with Gasteiger partial charge in [0.05, 0.1) is 103 Å². The van der Waals surface area contributed by atoms with Crippen LogP contribution in [-0.4, -0.2) is 144 Å². The van der Waals surface area contributed by atoms with Crippen molar-refractivity contribution in [2.45, 2.75) is 105 Å². The predicted molar refractivity (Wildman–Crippen MR) is 411 cm³/mol. The van der Waals surface area contributed by atoms with Crippen LogP contribution in [0.25, 0.3) is 31.6 Å². The van der Waals surface area contributed by atoms with Crippen molar-refractivity contribution in [3.05, 3.63) is 262 Å². The summed E-state index contributed by atoms with van der Waals surface area (Å²) in [5, 5.41) is 59.2. The summed E-state index contributed by atoms with van der Waals surface area (Å²) in [5.74, 6) is -7.85. The number of rotatable bonds is 19. The van der Waals surface area contributed by atoms with Crippen molar-refractivity contribution in [1.29, 1.82) is 0 Å². The van der Waals surface area contributed by atoms with E-state index in [4.69, 9.17) is 54.5 Å². The fourth-order valence-corrected chi connectivity index (χ4v) is 11.7. The van der Waals surface area contributed by atoms with Crippen molar-refractivity contribution >= 4 is 104 Å². The number of nitrogens with zero attached hydrogens (tertiary/aromatic N) is 21. The van der Waals surface area contributed by atoms with E-state index < -0.39 is 77.0 Å². The van der Waals surface area contributed by atoms with Crippen LogP contribution in [0.15, 0.2) is 127 Å². The molecule has 0 saturated carbocycles. The molecule has 33 nitrogen and oxygen atoms in total. The van der Waals surface area contributed by atoms with Crippen LogP contribution < -0.4 is 31.9 Å². The fraction of sp³-hybridized carbons (Fsp3) is 0.230. The molecule has 0 radical (unpaired) electrons. The highest BCUT2D eigenvalue weighted by Gasteiger charge is 2.40. The van der Waals surface area contributed by atoms with Crippen molar-refractivity contribution in [3.63, 3.8) is 0 Å². The molecule has 6 heterocycles. The minimum Gasteiger partial charge on any atom is -0.355 e. The number of amides is 6. The Morgan fingerprint density at radius 2 is 0.706 bits per heavy atom. The number of aromatic nitrogens is 18. The van der Waals surface area contributed by atoms with Crippen molar-refractivity contribution < 1.29 is 68.3 Å². The predicted octanol–water partition coefficient (Wildman–Crippen LogP) is 14.1. The van der Waals surface area contributed by atoms with Gasteiger partial charge in [-0.3, -0.25) is 28.8 Å². The first-order valence-electron chi connectivity index (χ1n) is 34.5. The van der Waals surface area contributed by atoms with E-state index in [1.165, 1.54) is 75.7 Å². The summed E-state index contributed by atoms with van der Waals surface area (Å²) < 4.78 is 120. The highest BCUT2D eigenvalue weighted by Crippen LogP contribution is 2.35. The normalized spacial score (nSPS) is 11.4. The summed E-state index contributed by atoms with van der Waals surface area (Å²) >= 11 is 19.0. The van der Waals surface area contributed by atoms with Crippen molar-refractivity contribution in [3.8, 4) is 17.1 Å². The molecule has 45 heteroatoms. The maximum absolute atomic E-state index is 13.7. The Hall–Kier alpha value is -14.3. The smallest absolute Gasteiger partial charge is 0.355 e. The molecule has 6 amide bonds. The molecule has 0 spiro atoms. The van der Waals surface area contributed by atoms with Gasteiger partial charge in [-0.1, -0.05) is 89.4 Å². The molecule has 0 aliphatic rings. The number of tetrazole rings is 3. The molecular formula is C74H61Cl3F9N27O6. The van der Waals surface area contributed by atoms with E-state index in [9.17, 15) is 68.3 Å². The first-order valence-corrected chi connectivity index (χ1v) is 35.6. The highest BCUT2D eigenvalue weighted by molar-refractivity contribution is 6.33. The molecule has 0 unspecified atom stereocenters. The first-order chi connectivity index (χ1) is 56.0. The summed E-state index contributed by atoms with van der Waals surface area (Å²) in [6.45, 7) is 34.8. The standard InChI is InChI=1S/C26H23ClF3N9O2.C25H21ClF3N9O2.C23H17ClF3N9O2/c1-14-10-15(31-5)11-17(22(40)33-25(2,3)4)21(14)32-23(41)20-12-16(13-38-36-24(34-37-38)26(28,29)30)35-39(20)19-9-7-6-8-18(19)27;1-13(2)31-22(39)17-10-15(30-4)9-14(3)21(17)32-23(40)20-11-16(12-37-35-24(33-36-37)25(27,28)29)34-38(20)19-8-6-5-7-18(19)26;1-12-8-13(28-2)9-15(20(37)29-3)19(12)30-21(38)18-10-14(11-35-33-22(31-34-35)23(25,26)27)32-36(18)17-7-5-4-6-16(17)24/h6-12H,13H2,1-4H3,(H,32,41)(H,33,40);5-11,13H,12H2,1-3H3,(H,31,39)(H,32,40);4-10H,11H2,1,3H3,(H,29,37)(H,30,38). The largest absolute Gasteiger partial charge is 0.455 e. The molecular weight excluding hydrogens is 1640 g/mol. The maximum Gasteiger partial charge on any atom is 0.455 e. The first kappa shape index (κ1) is 87.1. The number of halogens is 12. The Balaban J connectivity index is 0.000000188. The minimum atomic E-state index is -4.78. The van der Waals surface area contributed by atoms with Gasteiger partial charge in [0, 0.05) is 18.6 Å². The number of carbonyl (C=O) groups excluding carboxylic acids is 6. The number of anilines is 3. The number of benzene rings is 6. The Labute approximate surface area is 682 Å². The van der Waals surface area contributed by atoms with E-state index in [0.717, 1.165) is 0 Å². The zero-order valence-electron chi connectivity index (χ0n) is 63.2. The van der Waals surface area contributed by atoms with Crippen molar-refractivity contribution in [1.82, 2.24) is 106 Å². The molecule has 0 saturated heterocycles. The van der Waals surface area contributed by atoms with Gasteiger partial charge >= 0.3 is 18.5 Å². The number of hydrogen-bond acceptors (Lipinski definition) is 18. The topological polar surface area (TPSA) is 372 Å². The van der Waals surface area contributed by atoms with Crippen molar-refractivity contribution in [2.24, 2.45) is 0 Å². The second kappa shape index (κ2) is 35.8. The Morgan fingerprint density at radius 3 is 0.958 bits per heavy atom. The molecule has 119 heavy (non-hydrogen) atoms. The number of para-hydroxylation sites is 3. The van der Waals surface area contributed by atoms with Gasteiger partial charge in [-0.2, -0.15) is 69.2 Å². The molecule has 0 atom stereocenters. The summed E-state index contributed by atoms with van der Waals surface area (Å²) in [6.07, 6.45) is -14.3. The van der Waals surface area contributed by atoms with Crippen LogP contribution >= 0.6 is 34.8 Å². The Morgan fingerprint density at radius 1 is 0.420 bits per heavy atom. The van der Waals surface area contributed by atoms with Crippen LogP contribution in [0.3, 0.4) is 0 Å². The average Bonchev–Trinajstić information content (AvgIpc) is 1.67. The van der Waals surface area contributed by atoms with Crippen molar-refractivity contribution in [2.75, 3.05) is 23.0 Å². The van der Waals surface area contributed by atoms with Crippen LogP contribution in [0.4, 0.5) is 73.6 Å². The third-order valence-corrected chi connectivity index (χ3v) is 17.1. The lowest BCUT2D eigenvalue weighted by molar-refractivity contribution is -0.145. The average molecular weight is 1700 g/mol. The molecule has 0 fully saturated rings. The van der Waals surface area contributed by atoms with Gasteiger partial charge in [0.25, 0.3) is 52.9 Å². The monoisotopic (exact) mass is 1700 g/mol. The number of hydrogen-bond donors (Lipinski definition) is 6. The molecule has 0 aliphatic heterocycles. The summed E-state index contributed by atoms with van der Waals surface area (Å²) in [4.78, 5) is 91.6. The third-order valence-electron chi connectivity index (χ3n) is 16.2. The second-order valence-electron chi connectivity index (χ2n) is 26.7. The van der Waals surface area contributed by atoms with Crippen LogP contribution in [0, 0.1) is 40.5 Å². The molecule has 12 rings (SSSR count). The van der Waals surface area contributed by atoms with Gasteiger partial charge in [0.1, 0.15) is 36.7 Å². The fourth-order valence-electron chi connectivity index (χ4n) is 11.1. The van der Waals surface area contributed by atoms with Gasteiger partial charge in [-0.05, 0) is 161 Å². The summed E-state index contributed by atoms with van der Waals surface area (Å²) in [6, 6.07) is 32.0. The zero-order chi connectivity index (χ0) is 86.9. The van der Waals surface area contributed by atoms with E-state index in [1.807, 2.05) is 0 Å². The van der Waals surface area contributed by atoms with Crippen LogP contribution in [0.1, 0.15) is 148 Å². The van der Waals surface area contributed by atoms with Gasteiger partial charge in [0.15, 0.2) is 17.1 Å². The molecule has 6 aromatic carbocycles. The zero-order valence-corrected chi connectivity index (χ0v) is 65.5. The third kappa shape index (κ3) is 21.2. The SMILES string of the molecule is [C-]#[N+]c1cc(C)c(NC(=O)c2cc(Cn3nnc(C(F)(F)F)n3)nn2-c2ccccc2Cl)c(C(=O)NC(C)(C)C)c1.[C-]#[N+]c1cc(C)c(NC(=O)c2cc(Cn3nnc(C(F)(F)F)n3)nn2-c2ccccc2Cl)c(C(=O)NC(C)C)c1.[C-]#[N+]c1cc(C)c(NC(=O)c2cc(Cn3nnc(C(F)(F)F)n3)nn2-c2ccccc2Cl)c(C(=O)NC)c1. The Bertz CT molecular complexity index is 6050. The van der Waals surface area contributed by atoms with Crippen LogP contribution in [0.2, 0.25) is 15.1 Å². The number of carbonyl (C=O) groups is 6. The summed E-state index contributed by atoms with van der Waals surface area (Å²) in [5.41, 5.74) is 3.41. The Kier molecular flexibility index (Phi) is 26.2. The van der Waals surface area contributed by atoms with Crippen LogP contribution in [0.5, 0.6) is 0 Å². The molecule has 0 bridgehead atoms. The quantitative estimate of drug-likeness (QED) is 0.0323. The highest BCUT2D eigenvalue weighted by atomic mass is 35.5. The lowest BCUT2D eigenvalue weighted by Crippen LogP contribution is -2.41. The number of nitrogens with one attached hydrogen (secondary N) is 6. The van der Waals surface area contributed by atoms with E-state index >= 15 is 0 Å². The van der Waals surface area contributed by atoms with Gasteiger partial charge < -0.3 is 31.9 Å². The number of aryl methyl sites for hydroxylation is 3. The maximum atomic E-state index is 13.7. The van der Waals surface area contributed by atoms with E-state index in [0.29, 0.717) is 48.1 Å². The molecule has 12 aromatic rings.